The van der Waals surface area contributed by atoms with Crippen molar-refractivity contribution < 1.29 is 9.90 Å². The van der Waals surface area contributed by atoms with Crippen molar-refractivity contribution in [1.82, 2.24) is 9.78 Å². The van der Waals surface area contributed by atoms with Crippen LogP contribution >= 0.6 is 0 Å². The molecule has 5 N–H and O–H groups in total. The summed E-state index contributed by atoms with van der Waals surface area (Å²) in [4.78, 5) is 10.8. The zero-order valence-corrected chi connectivity index (χ0v) is 8.68. The fourth-order valence-electron chi connectivity index (χ4n) is 1.29. The highest BCUT2D eigenvalue weighted by molar-refractivity contribution is 5.95. The van der Waals surface area contributed by atoms with Crippen molar-refractivity contribution in [2.45, 2.75) is 32.4 Å². The summed E-state index contributed by atoms with van der Waals surface area (Å²) in [6, 6.07) is 0. The summed E-state index contributed by atoms with van der Waals surface area (Å²) in [5.41, 5.74) is 11.0. The minimum absolute atomic E-state index is 0.104. The van der Waals surface area contributed by atoms with Crippen molar-refractivity contribution in [3.63, 3.8) is 0 Å². The Morgan fingerprint density at radius 2 is 2.40 bits per heavy atom. The van der Waals surface area contributed by atoms with Gasteiger partial charge in [0.05, 0.1) is 11.8 Å². The van der Waals surface area contributed by atoms with Gasteiger partial charge in [0, 0.05) is 12.7 Å². The fraction of sp³-hybridized carbons (Fsp3) is 0.556. The third-order valence-electron chi connectivity index (χ3n) is 2.03. The van der Waals surface area contributed by atoms with E-state index in [1.807, 2.05) is 0 Å². The molecule has 1 atom stereocenters. The topological polar surface area (TPSA) is 107 Å². The molecule has 1 heterocycles. The molecule has 0 radical (unpaired) electrons. The number of nitrogens with zero attached hydrogens (tertiary/aromatic N) is 2. The molecule has 84 valence electrons. The average molecular weight is 212 g/mol. The van der Waals surface area contributed by atoms with E-state index < -0.39 is 5.91 Å². The number of hydrogen-bond donors (Lipinski definition) is 3. The lowest BCUT2D eigenvalue weighted by molar-refractivity contribution is 0.0995. The molecule has 0 bridgehead atoms. The molecule has 0 spiro atoms. The highest BCUT2D eigenvalue weighted by Gasteiger charge is 2.10. The highest BCUT2D eigenvalue weighted by Crippen LogP contribution is 2.09. The molecule has 1 unspecified atom stereocenters. The summed E-state index contributed by atoms with van der Waals surface area (Å²) in [7, 11) is 0. The number of anilines is 1. The SMILES string of the molecule is CC(O)CCCn1cc(N)c(C(N)=O)n1. The van der Waals surface area contributed by atoms with Crippen molar-refractivity contribution in [1.29, 1.82) is 0 Å². The van der Waals surface area contributed by atoms with Crippen LogP contribution in [0, 0.1) is 0 Å². The predicted octanol–water partition coefficient (Wildman–Crippen LogP) is -0.275. The van der Waals surface area contributed by atoms with Crippen LogP contribution in [0.4, 0.5) is 5.69 Å². The third-order valence-corrected chi connectivity index (χ3v) is 2.03. The van der Waals surface area contributed by atoms with Crippen LogP contribution in [0.1, 0.15) is 30.3 Å². The molecule has 0 aliphatic rings. The maximum absolute atomic E-state index is 10.8. The number of amides is 1. The van der Waals surface area contributed by atoms with E-state index in [0.29, 0.717) is 18.7 Å². The van der Waals surface area contributed by atoms with Crippen LogP contribution in [0.3, 0.4) is 0 Å². The first kappa shape index (κ1) is 11.5. The van der Waals surface area contributed by atoms with Gasteiger partial charge in [0.25, 0.3) is 5.91 Å². The molecule has 1 aromatic heterocycles. The number of hydrogen-bond acceptors (Lipinski definition) is 4. The molecule has 1 amide bonds. The Morgan fingerprint density at radius 1 is 1.73 bits per heavy atom. The molecule has 1 rings (SSSR count). The molecule has 0 saturated carbocycles. The Bertz CT molecular complexity index is 346. The lowest BCUT2D eigenvalue weighted by Gasteiger charge is -2.03. The van der Waals surface area contributed by atoms with E-state index in [2.05, 4.69) is 5.10 Å². The number of nitrogen functional groups attached to an aromatic ring is 1. The third kappa shape index (κ3) is 3.25. The number of aliphatic hydroxyl groups excluding tert-OH is 1. The summed E-state index contributed by atoms with van der Waals surface area (Å²) in [5, 5.41) is 13.0. The second-order valence-electron chi connectivity index (χ2n) is 3.55. The van der Waals surface area contributed by atoms with E-state index in [-0.39, 0.29) is 11.8 Å². The number of aromatic nitrogens is 2. The van der Waals surface area contributed by atoms with Crippen LogP contribution in [0.2, 0.25) is 0 Å². The summed E-state index contributed by atoms with van der Waals surface area (Å²) in [6.45, 7) is 2.34. The number of nitrogens with two attached hydrogens (primary N) is 2. The van der Waals surface area contributed by atoms with Crippen molar-refractivity contribution in [3.05, 3.63) is 11.9 Å². The average Bonchev–Trinajstić information content (AvgIpc) is 2.46. The van der Waals surface area contributed by atoms with E-state index in [0.717, 1.165) is 6.42 Å². The second kappa shape index (κ2) is 4.79. The molecule has 15 heavy (non-hydrogen) atoms. The molecule has 0 fully saturated rings. The number of carbonyl (C=O) groups excluding carboxylic acids is 1. The van der Waals surface area contributed by atoms with Gasteiger partial charge < -0.3 is 16.6 Å². The minimum atomic E-state index is -0.623. The summed E-state index contributed by atoms with van der Waals surface area (Å²) >= 11 is 0. The molecule has 6 nitrogen and oxygen atoms in total. The lowest BCUT2D eigenvalue weighted by atomic mass is 10.2. The fourth-order valence-corrected chi connectivity index (χ4v) is 1.29. The standard InChI is InChI=1S/C9H16N4O2/c1-6(14)3-2-4-13-5-7(10)8(12-13)9(11)15/h5-6,14H,2-4,10H2,1H3,(H2,11,15). The van der Waals surface area contributed by atoms with E-state index in [1.165, 1.54) is 0 Å². The van der Waals surface area contributed by atoms with Crippen LogP contribution in [-0.2, 0) is 6.54 Å². The Labute approximate surface area is 87.9 Å². The highest BCUT2D eigenvalue weighted by atomic mass is 16.3. The van der Waals surface area contributed by atoms with Gasteiger partial charge in [-0.15, -0.1) is 0 Å². The van der Waals surface area contributed by atoms with Gasteiger partial charge in [-0.25, -0.2) is 0 Å². The second-order valence-corrected chi connectivity index (χ2v) is 3.55. The van der Waals surface area contributed by atoms with Crippen molar-refractivity contribution in [2.24, 2.45) is 5.73 Å². The number of aliphatic hydroxyl groups is 1. The van der Waals surface area contributed by atoms with Crippen molar-refractivity contribution in [2.75, 3.05) is 5.73 Å². The maximum Gasteiger partial charge on any atom is 0.271 e. The zero-order chi connectivity index (χ0) is 11.4. The van der Waals surface area contributed by atoms with Crippen LogP contribution in [-0.4, -0.2) is 26.9 Å². The summed E-state index contributed by atoms with van der Waals surface area (Å²) < 4.78 is 1.57. The summed E-state index contributed by atoms with van der Waals surface area (Å²) in [6.07, 6.45) is 2.71. The van der Waals surface area contributed by atoms with Crippen molar-refractivity contribution in [3.8, 4) is 0 Å². The van der Waals surface area contributed by atoms with Crippen LogP contribution in [0.5, 0.6) is 0 Å². The van der Waals surface area contributed by atoms with Gasteiger partial charge in [-0.2, -0.15) is 5.10 Å². The number of aryl methyl sites for hydroxylation is 1. The maximum atomic E-state index is 10.8. The van der Waals surface area contributed by atoms with E-state index in [9.17, 15) is 4.79 Å². The molecular formula is C9H16N4O2. The smallest absolute Gasteiger partial charge is 0.271 e. The van der Waals surface area contributed by atoms with Gasteiger partial charge in [0.1, 0.15) is 0 Å². The zero-order valence-electron chi connectivity index (χ0n) is 8.68. The molecule has 0 aliphatic carbocycles. The first-order chi connectivity index (χ1) is 7.00. The van der Waals surface area contributed by atoms with Crippen molar-refractivity contribution >= 4 is 11.6 Å². The Morgan fingerprint density at radius 3 is 2.87 bits per heavy atom. The van der Waals surface area contributed by atoms with Gasteiger partial charge >= 0.3 is 0 Å². The quantitative estimate of drug-likeness (QED) is 0.624. The van der Waals surface area contributed by atoms with Gasteiger partial charge in [0.2, 0.25) is 0 Å². The first-order valence-electron chi connectivity index (χ1n) is 4.81. The Balaban J connectivity index is 2.56. The molecule has 0 aliphatic heterocycles. The molecular weight excluding hydrogens is 196 g/mol. The summed E-state index contributed by atoms with van der Waals surface area (Å²) in [5.74, 6) is -0.623. The number of primary amides is 1. The monoisotopic (exact) mass is 212 g/mol. The van der Waals surface area contributed by atoms with E-state index in [1.54, 1.807) is 17.8 Å². The van der Waals surface area contributed by atoms with Gasteiger partial charge in [-0.3, -0.25) is 9.48 Å². The lowest BCUT2D eigenvalue weighted by Crippen LogP contribution is -2.14. The molecule has 0 aromatic carbocycles. The first-order valence-corrected chi connectivity index (χ1v) is 4.81. The largest absolute Gasteiger partial charge is 0.396 e. The predicted molar refractivity (Wildman–Crippen MR) is 56.1 cm³/mol. The normalized spacial score (nSPS) is 12.7. The Hall–Kier alpha value is -1.56. The van der Waals surface area contributed by atoms with Gasteiger partial charge in [-0.05, 0) is 19.8 Å². The molecule has 1 aromatic rings. The van der Waals surface area contributed by atoms with Crippen LogP contribution in [0.15, 0.2) is 6.20 Å². The van der Waals surface area contributed by atoms with Crippen LogP contribution < -0.4 is 11.5 Å². The van der Waals surface area contributed by atoms with Gasteiger partial charge in [-0.1, -0.05) is 0 Å². The van der Waals surface area contributed by atoms with Crippen LogP contribution in [0.25, 0.3) is 0 Å². The number of carbonyl (C=O) groups is 1. The van der Waals surface area contributed by atoms with E-state index in [4.69, 9.17) is 16.6 Å². The minimum Gasteiger partial charge on any atom is -0.396 e. The van der Waals surface area contributed by atoms with Gasteiger partial charge in [0.15, 0.2) is 5.69 Å². The van der Waals surface area contributed by atoms with E-state index >= 15 is 0 Å². The molecule has 0 saturated heterocycles. The Kier molecular flexibility index (Phi) is 3.68. The molecule has 6 heteroatoms. The number of rotatable bonds is 5.